The highest BCUT2D eigenvalue weighted by atomic mass is 16.2. The Bertz CT molecular complexity index is 609. The molecule has 6 nitrogen and oxygen atoms in total. The quantitative estimate of drug-likeness (QED) is 0.763. The maximum Gasteiger partial charge on any atom is 0.237 e. The Kier molecular flexibility index (Phi) is 6.27. The first-order valence-corrected chi connectivity index (χ1v) is 9.64. The molecule has 2 atom stereocenters. The van der Waals surface area contributed by atoms with Crippen LogP contribution in [-0.4, -0.2) is 65.9 Å². The molecule has 1 aliphatic heterocycles. The fourth-order valence-electron chi connectivity index (χ4n) is 3.33. The Hall–Kier alpha value is -1.92. The van der Waals surface area contributed by atoms with Gasteiger partial charge in [0.15, 0.2) is 0 Å². The van der Waals surface area contributed by atoms with E-state index in [1.165, 1.54) is 0 Å². The number of piperazine rings is 1. The third kappa shape index (κ3) is 5.05. The van der Waals surface area contributed by atoms with Crippen LogP contribution in [0.25, 0.3) is 0 Å². The minimum Gasteiger partial charge on any atom is -0.352 e. The van der Waals surface area contributed by atoms with Crippen LogP contribution < -0.4 is 10.6 Å². The number of nitrogens with zero attached hydrogens (tertiary/aromatic N) is 2. The summed E-state index contributed by atoms with van der Waals surface area (Å²) >= 11 is 0. The van der Waals surface area contributed by atoms with Gasteiger partial charge in [-0.3, -0.25) is 19.4 Å². The van der Waals surface area contributed by atoms with Crippen LogP contribution in [0, 0.1) is 0 Å². The Morgan fingerprint density at radius 1 is 0.962 bits per heavy atom. The van der Waals surface area contributed by atoms with Crippen molar-refractivity contribution in [1.82, 2.24) is 20.4 Å². The molecule has 0 bridgehead atoms. The minimum absolute atomic E-state index is 0.0572. The first-order valence-electron chi connectivity index (χ1n) is 9.64. The number of carbonyl (C=O) groups excluding carboxylic acids is 2. The zero-order valence-corrected chi connectivity index (χ0v) is 15.8. The standard InChI is InChI=1S/C20H30N4O2/c1-15(19(25)21-14-17-6-4-3-5-7-17)23-10-12-24(13-11-23)16(2)20(26)22-18-8-9-18/h3-7,15-16,18H,8-14H2,1-2H3,(H,21,25)(H,22,26). The zero-order valence-electron chi connectivity index (χ0n) is 15.8. The van der Waals surface area contributed by atoms with E-state index >= 15 is 0 Å². The molecule has 0 radical (unpaired) electrons. The maximum absolute atomic E-state index is 12.4. The van der Waals surface area contributed by atoms with Gasteiger partial charge in [-0.25, -0.2) is 0 Å². The minimum atomic E-state index is -0.156. The molecule has 6 heteroatoms. The van der Waals surface area contributed by atoms with E-state index in [4.69, 9.17) is 0 Å². The molecule has 1 saturated carbocycles. The van der Waals surface area contributed by atoms with Crippen LogP contribution in [0.3, 0.4) is 0 Å². The topological polar surface area (TPSA) is 64.7 Å². The van der Waals surface area contributed by atoms with Gasteiger partial charge in [-0.1, -0.05) is 30.3 Å². The predicted molar refractivity (Wildman–Crippen MR) is 102 cm³/mol. The van der Waals surface area contributed by atoms with E-state index in [0.29, 0.717) is 12.6 Å². The van der Waals surface area contributed by atoms with Gasteiger partial charge in [-0.2, -0.15) is 0 Å². The molecule has 2 unspecified atom stereocenters. The number of nitrogens with one attached hydrogen (secondary N) is 2. The fraction of sp³-hybridized carbons (Fsp3) is 0.600. The molecule has 1 heterocycles. The Morgan fingerprint density at radius 2 is 1.50 bits per heavy atom. The van der Waals surface area contributed by atoms with Crippen molar-refractivity contribution >= 4 is 11.8 Å². The summed E-state index contributed by atoms with van der Waals surface area (Å²) in [5.41, 5.74) is 1.10. The third-order valence-electron chi connectivity index (χ3n) is 5.44. The molecule has 2 aliphatic rings. The largest absolute Gasteiger partial charge is 0.352 e. The number of carbonyl (C=O) groups is 2. The predicted octanol–water partition coefficient (Wildman–Crippen LogP) is 0.976. The van der Waals surface area contributed by atoms with Crippen molar-refractivity contribution in [3.63, 3.8) is 0 Å². The van der Waals surface area contributed by atoms with Gasteiger partial charge >= 0.3 is 0 Å². The van der Waals surface area contributed by atoms with Crippen molar-refractivity contribution in [2.45, 2.75) is 51.4 Å². The van der Waals surface area contributed by atoms with Crippen LogP contribution >= 0.6 is 0 Å². The lowest BCUT2D eigenvalue weighted by atomic mass is 10.1. The summed E-state index contributed by atoms with van der Waals surface area (Å²) in [5, 5.41) is 6.10. The highest BCUT2D eigenvalue weighted by molar-refractivity contribution is 5.82. The van der Waals surface area contributed by atoms with Gasteiger partial charge in [-0.05, 0) is 32.3 Å². The second-order valence-corrected chi connectivity index (χ2v) is 7.41. The van der Waals surface area contributed by atoms with E-state index in [-0.39, 0.29) is 23.9 Å². The smallest absolute Gasteiger partial charge is 0.237 e. The highest BCUT2D eigenvalue weighted by Gasteiger charge is 2.31. The van der Waals surface area contributed by atoms with E-state index in [9.17, 15) is 9.59 Å². The van der Waals surface area contributed by atoms with Crippen LogP contribution in [0.4, 0.5) is 0 Å². The number of hydrogen-bond donors (Lipinski definition) is 2. The summed E-state index contributed by atoms with van der Waals surface area (Å²) in [6.45, 7) is 7.73. The number of benzene rings is 1. The van der Waals surface area contributed by atoms with E-state index in [1.807, 2.05) is 44.2 Å². The molecular weight excluding hydrogens is 328 g/mol. The molecule has 0 aromatic heterocycles. The second kappa shape index (κ2) is 8.64. The van der Waals surface area contributed by atoms with Crippen molar-refractivity contribution in [3.8, 4) is 0 Å². The zero-order chi connectivity index (χ0) is 18.5. The van der Waals surface area contributed by atoms with E-state index in [1.54, 1.807) is 0 Å². The lowest BCUT2D eigenvalue weighted by Crippen LogP contribution is -2.57. The number of hydrogen-bond acceptors (Lipinski definition) is 4. The normalized spacial score (nSPS) is 21.0. The van der Waals surface area contributed by atoms with Gasteiger partial charge in [0.05, 0.1) is 12.1 Å². The average Bonchev–Trinajstić information content (AvgIpc) is 3.49. The molecule has 0 spiro atoms. The third-order valence-corrected chi connectivity index (χ3v) is 5.44. The number of amides is 2. The number of rotatable bonds is 7. The van der Waals surface area contributed by atoms with Crippen molar-refractivity contribution in [2.24, 2.45) is 0 Å². The fourth-order valence-corrected chi connectivity index (χ4v) is 3.33. The molecule has 2 N–H and O–H groups in total. The van der Waals surface area contributed by atoms with Crippen molar-refractivity contribution in [1.29, 1.82) is 0 Å². The van der Waals surface area contributed by atoms with E-state index < -0.39 is 0 Å². The Labute approximate surface area is 155 Å². The van der Waals surface area contributed by atoms with Gasteiger partial charge in [0, 0.05) is 38.8 Å². The van der Waals surface area contributed by atoms with Gasteiger partial charge in [0.1, 0.15) is 0 Å². The molecular formula is C20H30N4O2. The van der Waals surface area contributed by atoms with Crippen molar-refractivity contribution < 1.29 is 9.59 Å². The van der Waals surface area contributed by atoms with Crippen LogP contribution in [0.5, 0.6) is 0 Å². The average molecular weight is 358 g/mol. The molecule has 1 aromatic rings. The van der Waals surface area contributed by atoms with Crippen LogP contribution in [0.2, 0.25) is 0 Å². The molecule has 142 valence electrons. The second-order valence-electron chi connectivity index (χ2n) is 7.41. The van der Waals surface area contributed by atoms with E-state index in [0.717, 1.165) is 44.6 Å². The molecule has 1 aliphatic carbocycles. The summed E-state index contributed by atoms with van der Waals surface area (Å²) in [7, 11) is 0. The van der Waals surface area contributed by atoms with Gasteiger partial charge < -0.3 is 10.6 Å². The van der Waals surface area contributed by atoms with E-state index in [2.05, 4.69) is 20.4 Å². The Balaban J connectivity index is 1.41. The SMILES string of the molecule is CC(C(=O)NCc1ccccc1)N1CCN(C(C)C(=O)NC2CC2)CC1. The summed E-state index contributed by atoms with van der Waals surface area (Å²) in [6, 6.07) is 10.1. The van der Waals surface area contributed by atoms with Gasteiger partial charge in [0.25, 0.3) is 0 Å². The summed E-state index contributed by atoms with van der Waals surface area (Å²) in [5.74, 6) is 0.191. The maximum atomic E-state index is 12.4. The van der Waals surface area contributed by atoms with Crippen LogP contribution in [0.15, 0.2) is 30.3 Å². The summed E-state index contributed by atoms with van der Waals surface area (Å²) in [4.78, 5) is 29.1. The molecule has 2 amide bonds. The van der Waals surface area contributed by atoms with Crippen LogP contribution in [0.1, 0.15) is 32.3 Å². The highest BCUT2D eigenvalue weighted by Crippen LogP contribution is 2.19. The molecule has 1 aromatic carbocycles. The Morgan fingerprint density at radius 3 is 2.04 bits per heavy atom. The molecule has 2 fully saturated rings. The summed E-state index contributed by atoms with van der Waals surface area (Å²) in [6.07, 6.45) is 2.23. The summed E-state index contributed by atoms with van der Waals surface area (Å²) < 4.78 is 0. The van der Waals surface area contributed by atoms with Crippen molar-refractivity contribution in [2.75, 3.05) is 26.2 Å². The first-order chi connectivity index (χ1) is 12.5. The van der Waals surface area contributed by atoms with Crippen LogP contribution in [-0.2, 0) is 16.1 Å². The molecule has 1 saturated heterocycles. The van der Waals surface area contributed by atoms with Gasteiger partial charge in [0.2, 0.25) is 11.8 Å². The lowest BCUT2D eigenvalue weighted by Gasteiger charge is -2.39. The monoisotopic (exact) mass is 358 g/mol. The lowest BCUT2D eigenvalue weighted by molar-refractivity contribution is -0.130. The molecule has 3 rings (SSSR count). The molecule has 26 heavy (non-hydrogen) atoms. The van der Waals surface area contributed by atoms with Gasteiger partial charge in [-0.15, -0.1) is 0 Å². The van der Waals surface area contributed by atoms with Crippen molar-refractivity contribution in [3.05, 3.63) is 35.9 Å². The first kappa shape index (κ1) is 18.9.